The van der Waals surface area contributed by atoms with E-state index in [1.807, 2.05) is 12.1 Å². The van der Waals surface area contributed by atoms with Crippen molar-refractivity contribution in [3.8, 4) is 12.1 Å². The standard InChI is InChI=1S/C14H17N3O3.C9H9N3O.C2HF3O2/c1-14(2,3)20-13(18)17-12(4-5-19-17)11-6-10(7-15)8-16-9-11;10-4-7-3-8(6-11-5-7)9-1-2-13-12-9;3-2(4,5)1(6)7/h6,8-9,12H,4-5H2,1-3H3;3,5-6,9,12H,1-2H2;(H,6,7)/t12-;9-;/m11./s1. The highest BCUT2D eigenvalue weighted by Gasteiger charge is 2.38. The van der Waals surface area contributed by atoms with Crippen molar-refractivity contribution in [2.24, 2.45) is 0 Å². The predicted octanol–water partition coefficient (Wildman–Crippen LogP) is 4.12. The molecule has 2 aliphatic rings. The zero-order valence-electron chi connectivity index (χ0n) is 21.8. The monoisotopic (exact) mass is 564 g/mol. The number of aromatic nitrogens is 2. The van der Waals surface area contributed by atoms with Gasteiger partial charge in [0, 0.05) is 31.2 Å². The molecule has 2 fully saturated rings. The molecule has 2 aromatic heterocycles. The van der Waals surface area contributed by atoms with Crippen LogP contribution in [-0.4, -0.2) is 57.2 Å². The molecule has 2 atom stereocenters. The summed E-state index contributed by atoms with van der Waals surface area (Å²) in [5.41, 5.74) is 5.12. The zero-order valence-corrected chi connectivity index (χ0v) is 21.8. The van der Waals surface area contributed by atoms with Crippen molar-refractivity contribution in [2.75, 3.05) is 13.2 Å². The van der Waals surface area contributed by atoms with Crippen molar-refractivity contribution in [1.82, 2.24) is 20.5 Å². The van der Waals surface area contributed by atoms with Crippen LogP contribution in [0.4, 0.5) is 18.0 Å². The number of aliphatic carboxylic acids is 1. The Morgan fingerprint density at radius 3 is 2.05 bits per heavy atom. The fraction of sp³-hybridized carbons (Fsp3) is 0.440. The summed E-state index contributed by atoms with van der Waals surface area (Å²) in [6.45, 7) is 6.54. The number of nitriles is 2. The number of carbonyl (C=O) groups excluding carboxylic acids is 1. The first-order valence-corrected chi connectivity index (χ1v) is 11.8. The molecule has 214 valence electrons. The largest absolute Gasteiger partial charge is 0.490 e. The minimum absolute atomic E-state index is 0.181. The molecule has 4 heterocycles. The van der Waals surface area contributed by atoms with Gasteiger partial charge in [0.05, 0.1) is 36.4 Å². The summed E-state index contributed by atoms with van der Waals surface area (Å²) in [7, 11) is 0. The second kappa shape index (κ2) is 14.2. The highest BCUT2D eigenvalue weighted by atomic mass is 19.4. The van der Waals surface area contributed by atoms with Crippen LogP contribution in [0.25, 0.3) is 0 Å². The Kier molecular flexibility index (Phi) is 11.3. The normalized spacial score (nSPS) is 18.2. The van der Waals surface area contributed by atoms with Crippen molar-refractivity contribution in [2.45, 2.75) is 57.5 Å². The molecule has 12 nitrogen and oxygen atoms in total. The number of nitrogens with zero attached hydrogens (tertiary/aromatic N) is 5. The topological polar surface area (TPSA) is 171 Å². The SMILES string of the molecule is CC(C)(C)OC(=O)N1OCC[C@@H]1c1cncc(C#N)c1.N#Cc1cncc([C@H]2CCON2)c1.O=C(O)C(F)(F)F. The van der Waals surface area contributed by atoms with E-state index in [2.05, 4.69) is 21.5 Å². The number of nitrogens with one attached hydrogen (secondary N) is 1. The number of carboxylic acid groups (broad SMARTS) is 1. The number of carboxylic acids is 1. The van der Waals surface area contributed by atoms with Crippen molar-refractivity contribution in [3.05, 3.63) is 59.2 Å². The Morgan fingerprint density at radius 2 is 1.57 bits per heavy atom. The number of carbonyl (C=O) groups is 2. The number of hydrogen-bond donors (Lipinski definition) is 2. The van der Waals surface area contributed by atoms with Crippen LogP contribution >= 0.6 is 0 Å². The van der Waals surface area contributed by atoms with Crippen LogP contribution in [0.3, 0.4) is 0 Å². The summed E-state index contributed by atoms with van der Waals surface area (Å²) in [6.07, 6.45) is 2.40. The summed E-state index contributed by atoms with van der Waals surface area (Å²) in [6, 6.07) is 7.55. The molecule has 2 saturated heterocycles. The first-order chi connectivity index (χ1) is 18.7. The smallest absolute Gasteiger partial charge is 0.475 e. The number of hydrogen-bond acceptors (Lipinski definition) is 10. The van der Waals surface area contributed by atoms with Crippen molar-refractivity contribution in [3.63, 3.8) is 0 Å². The van der Waals surface area contributed by atoms with E-state index in [9.17, 15) is 18.0 Å². The molecule has 2 N–H and O–H groups in total. The lowest BCUT2D eigenvalue weighted by atomic mass is 10.1. The van der Waals surface area contributed by atoms with Gasteiger partial charge >= 0.3 is 18.2 Å². The van der Waals surface area contributed by atoms with Gasteiger partial charge in [-0.15, -0.1) is 0 Å². The third-order valence-corrected chi connectivity index (χ3v) is 5.02. The molecule has 1 amide bonds. The molecular formula is C25H27F3N6O6. The maximum absolute atomic E-state index is 12.1. The van der Waals surface area contributed by atoms with E-state index in [4.69, 9.17) is 34.8 Å². The van der Waals surface area contributed by atoms with E-state index in [-0.39, 0.29) is 12.1 Å². The third kappa shape index (κ3) is 10.1. The highest BCUT2D eigenvalue weighted by Crippen LogP contribution is 2.31. The Bertz CT molecular complexity index is 1250. The molecule has 40 heavy (non-hydrogen) atoms. The van der Waals surface area contributed by atoms with Gasteiger partial charge in [-0.2, -0.15) is 34.2 Å². The van der Waals surface area contributed by atoms with Crippen LogP contribution in [0.1, 0.15) is 68.0 Å². The molecule has 2 aromatic rings. The summed E-state index contributed by atoms with van der Waals surface area (Å²) < 4.78 is 37.0. The molecule has 0 aromatic carbocycles. The van der Waals surface area contributed by atoms with Crippen molar-refractivity contribution < 1.29 is 42.3 Å². The minimum atomic E-state index is -5.08. The van der Waals surface area contributed by atoms with E-state index in [0.717, 1.165) is 17.5 Å². The fourth-order valence-corrected chi connectivity index (χ4v) is 3.30. The number of pyridine rings is 2. The Balaban J connectivity index is 0.000000239. The molecule has 0 saturated carbocycles. The lowest BCUT2D eigenvalue weighted by Crippen LogP contribution is -2.35. The maximum atomic E-state index is 12.1. The number of amides is 1. The van der Waals surface area contributed by atoms with Gasteiger partial charge in [-0.3, -0.25) is 14.8 Å². The van der Waals surface area contributed by atoms with E-state index in [0.29, 0.717) is 30.8 Å². The summed E-state index contributed by atoms with van der Waals surface area (Å²) >= 11 is 0. The fourth-order valence-electron chi connectivity index (χ4n) is 3.30. The van der Waals surface area contributed by atoms with Crippen LogP contribution in [0, 0.1) is 22.7 Å². The van der Waals surface area contributed by atoms with Crippen LogP contribution in [0.2, 0.25) is 0 Å². The number of alkyl halides is 3. The van der Waals surface area contributed by atoms with Gasteiger partial charge in [-0.25, -0.2) is 9.59 Å². The number of ether oxygens (including phenoxy) is 1. The number of halogens is 3. The maximum Gasteiger partial charge on any atom is 0.490 e. The molecule has 0 spiro atoms. The average molecular weight is 565 g/mol. The second-order valence-electron chi connectivity index (χ2n) is 9.29. The minimum Gasteiger partial charge on any atom is -0.475 e. The van der Waals surface area contributed by atoms with Gasteiger partial charge in [-0.05, 0) is 50.5 Å². The highest BCUT2D eigenvalue weighted by molar-refractivity contribution is 5.73. The Labute approximate surface area is 227 Å². The van der Waals surface area contributed by atoms with Gasteiger partial charge in [-0.1, -0.05) is 0 Å². The van der Waals surface area contributed by atoms with Crippen LogP contribution < -0.4 is 5.48 Å². The average Bonchev–Trinajstić information content (AvgIpc) is 3.61. The van der Waals surface area contributed by atoms with Crippen LogP contribution in [0.15, 0.2) is 36.9 Å². The Hall–Kier alpha value is -4.31. The van der Waals surface area contributed by atoms with Crippen LogP contribution in [0.5, 0.6) is 0 Å². The van der Waals surface area contributed by atoms with Gasteiger partial charge in [0.15, 0.2) is 0 Å². The third-order valence-electron chi connectivity index (χ3n) is 5.02. The molecular weight excluding hydrogens is 537 g/mol. The van der Waals surface area contributed by atoms with E-state index >= 15 is 0 Å². The molecule has 4 rings (SSSR count). The van der Waals surface area contributed by atoms with Gasteiger partial charge in [0.25, 0.3) is 0 Å². The lowest BCUT2D eigenvalue weighted by molar-refractivity contribution is -0.192. The molecule has 15 heteroatoms. The van der Waals surface area contributed by atoms with E-state index in [1.165, 1.54) is 11.3 Å². The summed E-state index contributed by atoms with van der Waals surface area (Å²) in [5.74, 6) is -2.76. The van der Waals surface area contributed by atoms with Gasteiger partial charge in [0.2, 0.25) is 0 Å². The quantitative estimate of drug-likeness (QED) is 0.538. The lowest BCUT2D eigenvalue weighted by Gasteiger charge is -2.27. The van der Waals surface area contributed by atoms with E-state index < -0.39 is 23.8 Å². The first kappa shape index (κ1) is 31.9. The van der Waals surface area contributed by atoms with Crippen LogP contribution in [-0.2, 0) is 19.2 Å². The van der Waals surface area contributed by atoms with Crippen molar-refractivity contribution >= 4 is 12.1 Å². The van der Waals surface area contributed by atoms with Crippen molar-refractivity contribution in [1.29, 1.82) is 10.5 Å². The van der Waals surface area contributed by atoms with Gasteiger partial charge in [0.1, 0.15) is 17.7 Å². The predicted molar refractivity (Wildman–Crippen MR) is 129 cm³/mol. The molecule has 0 radical (unpaired) electrons. The summed E-state index contributed by atoms with van der Waals surface area (Å²) in [5, 5.41) is 25.9. The molecule has 0 bridgehead atoms. The molecule has 0 aliphatic carbocycles. The number of hydroxylamine groups is 3. The molecule has 2 aliphatic heterocycles. The second-order valence-corrected chi connectivity index (χ2v) is 9.29. The molecule has 0 unspecified atom stereocenters. The first-order valence-electron chi connectivity index (χ1n) is 11.8. The van der Waals surface area contributed by atoms with Gasteiger partial charge < -0.3 is 14.7 Å². The Morgan fingerprint density at radius 1 is 1.02 bits per heavy atom. The number of rotatable bonds is 2. The summed E-state index contributed by atoms with van der Waals surface area (Å²) in [4.78, 5) is 39.4. The zero-order chi connectivity index (χ0) is 29.9. The van der Waals surface area contributed by atoms with E-state index in [1.54, 1.807) is 45.4 Å².